The fraction of sp³-hybridized carbons (Fsp3) is 0.375. The maximum Gasteiger partial charge on any atom is 0.264 e. The van der Waals surface area contributed by atoms with E-state index in [1.165, 1.54) is 17.0 Å². The number of benzene rings is 3. The number of nitrogens with one attached hydrogen (secondary N) is 1. The van der Waals surface area contributed by atoms with E-state index in [-0.39, 0.29) is 23.4 Å². The van der Waals surface area contributed by atoms with Crippen molar-refractivity contribution in [2.45, 2.75) is 75.9 Å². The summed E-state index contributed by atoms with van der Waals surface area (Å²) in [5.74, 6) is -0.738. The van der Waals surface area contributed by atoms with Gasteiger partial charge in [-0.05, 0) is 73.7 Å². The predicted octanol–water partition coefficient (Wildman–Crippen LogP) is 6.75. The highest BCUT2D eigenvalue weighted by atomic mass is 35.5. The second-order valence-electron chi connectivity index (χ2n) is 10.7. The molecule has 0 aliphatic heterocycles. The SMILES string of the molecule is CC[C@@H](C(=O)NC1CCCCC1)N(Cc1ccc(Cl)cc1)C(=O)CN(c1cc(Cl)ccc1C)S(=O)(=O)c1ccccc1. The lowest BCUT2D eigenvalue weighted by atomic mass is 9.95. The van der Waals surface area contributed by atoms with Crippen molar-refractivity contribution in [3.05, 3.63) is 94.0 Å². The first-order valence-electron chi connectivity index (χ1n) is 14.3. The van der Waals surface area contributed by atoms with E-state index < -0.39 is 28.5 Å². The normalized spacial score (nSPS) is 14.7. The number of halogens is 2. The van der Waals surface area contributed by atoms with Gasteiger partial charge in [-0.2, -0.15) is 0 Å². The monoisotopic (exact) mass is 629 g/mol. The molecule has 0 bridgehead atoms. The van der Waals surface area contributed by atoms with Gasteiger partial charge in [-0.15, -0.1) is 0 Å². The number of carbonyl (C=O) groups is 2. The number of aryl methyl sites for hydroxylation is 1. The second-order valence-corrected chi connectivity index (χ2v) is 13.4. The van der Waals surface area contributed by atoms with Gasteiger partial charge in [0.1, 0.15) is 12.6 Å². The fourth-order valence-electron chi connectivity index (χ4n) is 5.33. The number of nitrogens with zero attached hydrogens (tertiary/aromatic N) is 2. The molecule has 1 saturated carbocycles. The van der Waals surface area contributed by atoms with Crippen molar-refractivity contribution >= 4 is 50.7 Å². The maximum atomic E-state index is 14.3. The Labute approximate surface area is 258 Å². The molecular weight excluding hydrogens is 593 g/mol. The summed E-state index contributed by atoms with van der Waals surface area (Å²) in [6.07, 6.45) is 5.44. The molecule has 1 aliphatic carbocycles. The van der Waals surface area contributed by atoms with Gasteiger partial charge in [-0.1, -0.05) is 85.8 Å². The van der Waals surface area contributed by atoms with Crippen molar-refractivity contribution in [1.82, 2.24) is 10.2 Å². The van der Waals surface area contributed by atoms with E-state index in [2.05, 4.69) is 5.32 Å². The minimum Gasteiger partial charge on any atom is -0.352 e. The van der Waals surface area contributed by atoms with E-state index >= 15 is 0 Å². The molecule has 224 valence electrons. The molecule has 7 nitrogen and oxygen atoms in total. The first-order chi connectivity index (χ1) is 20.1. The molecule has 10 heteroatoms. The number of amides is 2. The van der Waals surface area contributed by atoms with Crippen molar-refractivity contribution in [1.29, 1.82) is 0 Å². The summed E-state index contributed by atoms with van der Waals surface area (Å²) in [4.78, 5) is 29.4. The standard InChI is InChI=1S/C32H37Cl2N3O4S/c1-3-29(32(39)35-27-10-6-4-7-11-27)36(21-24-15-18-25(33)19-16-24)31(38)22-37(30-20-26(34)17-14-23(30)2)42(40,41)28-12-8-5-9-13-28/h5,8-9,12-20,27,29H,3-4,6-7,10-11,21-22H2,1-2H3,(H,35,39)/t29-/m0/s1. The molecule has 1 N–H and O–H groups in total. The van der Waals surface area contributed by atoms with Crippen molar-refractivity contribution in [2.24, 2.45) is 0 Å². The zero-order valence-corrected chi connectivity index (χ0v) is 26.3. The molecule has 3 aromatic carbocycles. The zero-order chi connectivity index (χ0) is 30.3. The van der Waals surface area contributed by atoms with Crippen molar-refractivity contribution < 1.29 is 18.0 Å². The molecule has 1 fully saturated rings. The molecule has 1 aliphatic rings. The van der Waals surface area contributed by atoms with Crippen LogP contribution in [0.2, 0.25) is 10.0 Å². The number of anilines is 1. The second kappa shape index (κ2) is 14.4. The Morgan fingerprint density at radius 1 is 0.929 bits per heavy atom. The summed E-state index contributed by atoms with van der Waals surface area (Å²) < 4.78 is 29.1. The molecule has 0 saturated heterocycles. The molecule has 42 heavy (non-hydrogen) atoms. The van der Waals surface area contributed by atoms with Crippen LogP contribution in [0.1, 0.15) is 56.6 Å². The Bertz CT molecular complexity index is 1480. The summed E-state index contributed by atoms with van der Waals surface area (Å²) in [7, 11) is -4.17. The molecule has 0 heterocycles. The fourth-order valence-corrected chi connectivity index (χ4v) is 7.12. The predicted molar refractivity (Wildman–Crippen MR) is 168 cm³/mol. The lowest BCUT2D eigenvalue weighted by molar-refractivity contribution is -0.140. The Morgan fingerprint density at radius 2 is 1.57 bits per heavy atom. The third-order valence-corrected chi connectivity index (χ3v) is 9.91. The van der Waals surface area contributed by atoms with Crippen LogP contribution in [-0.2, 0) is 26.2 Å². The molecule has 0 aromatic heterocycles. The van der Waals surface area contributed by atoms with E-state index in [0.717, 1.165) is 42.0 Å². The summed E-state index contributed by atoms with van der Waals surface area (Å²) in [5, 5.41) is 4.05. The Morgan fingerprint density at radius 3 is 2.21 bits per heavy atom. The first kappa shape index (κ1) is 31.9. The highest BCUT2D eigenvalue weighted by Gasteiger charge is 2.35. The third kappa shape index (κ3) is 7.85. The minimum atomic E-state index is -4.17. The highest BCUT2D eigenvalue weighted by molar-refractivity contribution is 7.92. The van der Waals surface area contributed by atoms with Crippen LogP contribution in [0.5, 0.6) is 0 Å². The number of sulfonamides is 1. The molecule has 4 rings (SSSR count). The number of rotatable bonds is 11. The van der Waals surface area contributed by atoms with Gasteiger partial charge in [-0.3, -0.25) is 13.9 Å². The number of hydrogen-bond acceptors (Lipinski definition) is 4. The van der Waals surface area contributed by atoms with Gasteiger partial charge >= 0.3 is 0 Å². The van der Waals surface area contributed by atoms with Crippen LogP contribution in [0.4, 0.5) is 5.69 Å². The summed E-state index contributed by atoms with van der Waals surface area (Å²) in [5.41, 5.74) is 1.71. The maximum absolute atomic E-state index is 14.3. The Hall–Kier alpha value is -3.07. The van der Waals surface area contributed by atoms with Crippen molar-refractivity contribution in [3.63, 3.8) is 0 Å². The van der Waals surface area contributed by atoms with E-state index in [0.29, 0.717) is 27.7 Å². The molecule has 0 radical (unpaired) electrons. The molecular formula is C32H37Cl2N3O4S. The van der Waals surface area contributed by atoms with E-state index in [1.54, 1.807) is 67.6 Å². The molecule has 2 amide bonds. The van der Waals surface area contributed by atoms with Gasteiger partial charge in [0.2, 0.25) is 11.8 Å². The molecule has 0 unspecified atom stereocenters. The van der Waals surface area contributed by atoms with Crippen LogP contribution >= 0.6 is 23.2 Å². The summed E-state index contributed by atoms with van der Waals surface area (Å²) >= 11 is 12.4. The van der Waals surface area contributed by atoms with Gasteiger partial charge in [0.15, 0.2) is 0 Å². The van der Waals surface area contributed by atoms with Gasteiger partial charge in [0.25, 0.3) is 10.0 Å². The van der Waals surface area contributed by atoms with Crippen LogP contribution in [0.25, 0.3) is 0 Å². The highest BCUT2D eigenvalue weighted by Crippen LogP contribution is 2.30. The largest absolute Gasteiger partial charge is 0.352 e. The van der Waals surface area contributed by atoms with Crippen LogP contribution < -0.4 is 9.62 Å². The van der Waals surface area contributed by atoms with Gasteiger partial charge in [0, 0.05) is 22.6 Å². The minimum absolute atomic E-state index is 0.0449. The van der Waals surface area contributed by atoms with Crippen LogP contribution in [0.15, 0.2) is 77.7 Å². The quantitative estimate of drug-likeness (QED) is 0.254. The topological polar surface area (TPSA) is 86.8 Å². The van der Waals surface area contributed by atoms with Gasteiger partial charge in [0.05, 0.1) is 10.6 Å². The first-order valence-corrected chi connectivity index (χ1v) is 16.5. The van der Waals surface area contributed by atoms with Crippen LogP contribution in [0.3, 0.4) is 0 Å². The lowest BCUT2D eigenvalue weighted by Gasteiger charge is -2.34. The van der Waals surface area contributed by atoms with E-state index in [9.17, 15) is 18.0 Å². The Kier molecular flexibility index (Phi) is 10.9. The number of hydrogen-bond donors (Lipinski definition) is 1. The van der Waals surface area contributed by atoms with E-state index in [1.807, 2.05) is 6.92 Å². The Balaban J connectivity index is 1.72. The van der Waals surface area contributed by atoms with Crippen molar-refractivity contribution in [3.8, 4) is 0 Å². The number of carbonyl (C=O) groups excluding carboxylic acids is 2. The van der Waals surface area contributed by atoms with Crippen LogP contribution in [0, 0.1) is 6.92 Å². The molecule has 3 aromatic rings. The van der Waals surface area contributed by atoms with Crippen molar-refractivity contribution in [2.75, 3.05) is 10.8 Å². The van der Waals surface area contributed by atoms with Gasteiger partial charge < -0.3 is 10.2 Å². The zero-order valence-electron chi connectivity index (χ0n) is 23.9. The lowest BCUT2D eigenvalue weighted by Crippen LogP contribution is -2.54. The van der Waals surface area contributed by atoms with Gasteiger partial charge in [-0.25, -0.2) is 8.42 Å². The molecule has 0 spiro atoms. The smallest absolute Gasteiger partial charge is 0.264 e. The summed E-state index contributed by atoms with van der Waals surface area (Å²) in [6.45, 7) is 3.22. The van der Waals surface area contributed by atoms with E-state index in [4.69, 9.17) is 23.2 Å². The van der Waals surface area contributed by atoms with Crippen LogP contribution in [-0.4, -0.2) is 43.8 Å². The third-order valence-electron chi connectivity index (χ3n) is 7.65. The average molecular weight is 631 g/mol. The molecule has 1 atom stereocenters. The summed E-state index contributed by atoms with van der Waals surface area (Å²) in [6, 6.07) is 19.2. The average Bonchev–Trinajstić information content (AvgIpc) is 2.99.